The maximum absolute atomic E-state index is 12.0. The first-order valence-electron chi connectivity index (χ1n) is 5.87. The van der Waals surface area contributed by atoms with Gasteiger partial charge in [0.1, 0.15) is 0 Å². The summed E-state index contributed by atoms with van der Waals surface area (Å²) in [5.74, 6) is 0.102. The lowest BCUT2D eigenvalue weighted by Gasteiger charge is -2.17. The molecule has 3 nitrogen and oxygen atoms in total. The molecule has 1 N–H and O–H groups in total. The molecule has 1 rings (SSSR count). The van der Waals surface area contributed by atoms with Crippen molar-refractivity contribution in [3.8, 4) is 0 Å². The van der Waals surface area contributed by atoms with Crippen LogP contribution in [0.3, 0.4) is 0 Å². The predicted octanol–water partition coefficient (Wildman–Crippen LogP) is 1.80. The summed E-state index contributed by atoms with van der Waals surface area (Å²) in [6.07, 6.45) is -0.410. The van der Waals surface area contributed by atoms with Crippen molar-refractivity contribution in [2.75, 3.05) is 20.1 Å². The number of hydrogen-bond donors (Lipinski definition) is 1. The zero-order valence-corrected chi connectivity index (χ0v) is 11.0. The molecule has 0 heterocycles. The molecule has 0 fully saturated rings. The molecule has 0 aliphatic carbocycles. The first-order chi connectivity index (χ1) is 7.90. The molecule has 0 radical (unpaired) electrons. The van der Waals surface area contributed by atoms with E-state index in [1.165, 1.54) is 0 Å². The van der Waals surface area contributed by atoms with Crippen LogP contribution in [0.1, 0.15) is 28.4 Å². The van der Waals surface area contributed by atoms with Crippen LogP contribution in [0.4, 0.5) is 0 Å². The van der Waals surface area contributed by atoms with Crippen LogP contribution in [0.25, 0.3) is 0 Å². The van der Waals surface area contributed by atoms with Crippen LogP contribution in [0.15, 0.2) is 18.2 Å². The van der Waals surface area contributed by atoms with Crippen molar-refractivity contribution in [3.63, 3.8) is 0 Å². The van der Waals surface area contributed by atoms with Crippen molar-refractivity contribution in [1.82, 2.24) is 4.90 Å². The number of aliphatic hydroxyl groups is 1. The topological polar surface area (TPSA) is 40.5 Å². The molecular weight excluding hydrogens is 214 g/mol. The summed E-state index contributed by atoms with van der Waals surface area (Å²) >= 11 is 0. The maximum Gasteiger partial charge on any atom is 0.177 e. The minimum absolute atomic E-state index is 0.102. The SMILES string of the molecule is Cc1ccc(C(=O)CN(C)CC(C)O)c(C)c1. The lowest BCUT2D eigenvalue weighted by molar-refractivity contribution is 0.0901. The Balaban J connectivity index is 2.70. The van der Waals surface area contributed by atoms with E-state index in [0.717, 1.165) is 16.7 Å². The molecule has 0 amide bonds. The minimum Gasteiger partial charge on any atom is -0.392 e. The van der Waals surface area contributed by atoms with Crippen LogP contribution in [0, 0.1) is 13.8 Å². The van der Waals surface area contributed by atoms with Gasteiger partial charge in [0.15, 0.2) is 5.78 Å². The van der Waals surface area contributed by atoms with Crippen LogP contribution in [-0.2, 0) is 0 Å². The molecule has 0 spiro atoms. The van der Waals surface area contributed by atoms with Crippen molar-refractivity contribution >= 4 is 5.78 Å². The second kappa shape index (κ2) is 5.94. The first-order valence-corrected chi connectivity index (χ1v) is 5.87. The average molecular weight is 235 g/mol. The van der Waals surface area contributed by atoms with Gasteiger partial charge in [-0.15, -0.1) is 0 Å². The van der Waals surface area contributed by atoms with E-state index in [1.807, 2.05) is 44.0 Å². The quantitative estimate of drug-likeness (QED) is 0.791. The van der Waals surface area contributed by atoms with Gasteiger partial charge in [-0.1, -0.05) is 23.8 Å². The predicted molar refractivity (Wildman–Crippen MR) is 69.4 cm³/mol. The number of hydrogen-bond acceptors (Lipinski definition) is 3. The monoisotopic (exact) mass is 235 g/mol. The molecule has 1 aromatic rings. The Morgan fingerprint density at radius 1 is 1.41 bits per heavy atom. The van der Waals surface area contributed by atoms with E-state index in [1.54, 1.807) is 6.92 Å². The number of Topliss-reactive ketones (excluding diaryl/α,β-unsaturated/α-hetero) is 1. The number of carbonyl (C=O) groups excluding carboxylic acids is 1. The Kier molecular flexibility index (Phi) is 4.85. The van der Waals surface area contributed by atoms with Crippen LogP contribution in [-0.4, -0.2) is 42.0 Å². The third-order valence-corrected chi connectivity index (χ3v) is 2.67. The van der Waals surface area contributed by atoms with Crippen molar-refractivity contribution in [2.24, 2.45) is 0 Å². The Hall–Kier alpha value is -1.19. The highest BCUT2D eigenvalue weighted by atomic mass is 16.3. The number of rotatable bonds is 5. The number of ketones is 1. The zero-order chi connectivity index (χ0) is 13.0. The summed E-state index contributed by atoms with van der Waals surface area (Å²) < 4.78 is 0. The van der Waals surface area contributed by atoms with E-state index < -0.39 is 6.10 Å². The van der Waals surface area contributed by atoms with Crippen LogP contribution < -0.4 is 0 Å². The van der Waals surface area contributed by atoms with E-state index in [0.29, 0.717) is 13.1 Å². The van der Waals surface area contributed by atoms with E-state index >= 15 is 0 Å². The fraction of sp³-hybridized carbons (Fsp3) is 0.500. The Morgan fingerprint density at radius 3 is 2.59 bits per heavy atom. The molecule has 94 valence electrons. The van der Waals surface area contributed by atoms with Crippen LogP contribution >= 0.6 is 0 Å². The molecule has 1 unspecified atom stereocenters. The van der Waals surface area contributed by atoms with Crippen molar-refractivity contribution in [3.05, 3.63) is 34.9 Å². The molecule has 0 saturated carbocycles. The van der Waals surface area contributed by atoms with Gasteiger partial charge in [0, 0.05) is 12.1 Å². The summed E-state index contributed by atoms with van der Waals surface area (Å²) in [6.45, 7) is 6.54. The van der Waals surface area contributed by atoms with Crippen molar-refractivity contribution in [2.45, 2.75) is 26.9 Å². The van der Waals surface area contributed by atoms with E-state index in [9.17, 15) is 9.90 Å². The number of benzene rings is 1. The number of aryl methyl sites for hydroxylation is 2. The maximum atomic E-state index is 12.0. The third-order valence-electron chi connectivity index (χ3n) is 2.67. The Bertz CT molecular complexity index is 399. The zero-order valence-electron chi connectivity index (χ0n) is 11.0. The molecule has 1 aromatic carbocycles. The summed E-state index contributed by atoms with van der Waals surface area (Å²) in [5.41, 5.74) is 2.95. The number of likely N-dealkylation sites (N-methyl/N-ethyl adjacent to an activating group) is 1. The molecule has 3 heteroatoms. The number of aliphatic hydroxyl groups excluding tert-OH is 1. The molecule has 17 heavy (non-hydrogen) atoms. The molecule has 1 atom stereocenters. The highest BCUT2D eigenvalue weighted by Crippen LogP contribution is 2.11. The average Bonchev–Trinajstić information content (AvgIpc) is 2.15. The van der Waals surface area contributed by atoms with E-state index in [-0.39, 0.29) is 5.78 Å². The van der Waals surface area contributed by atoms with Crippen LogP contribution in [0.2, 0.25) is 0 Å². The number of nitrogens with zero attached hydrogens (tertiary/aromatic N) is 1. The summed E-state index contributed by atoms with van der Waals surface area (Å²) in [7, 11) is 1.84. The molecule has 0 aliphatic rings. The Morgan fingerprint density at radius 2 is 2.06 bits per heavy atom. The Labute approximate surface area is 103 Å². The molecule has 0 aromatic heterocycles. The summed E-state index contributed by atoms with van der Waals surface area (Å²) in [5, 5.41) is 9.24. The van der Waals surface area contributed by atoms with Gasteiger partial charge in [0.05, 0.1) is 12.6 Å². The molecule has 0 bridgehead atoms. The van der Waals surface area contributed by atoms with Gasteiger partial charge in [0.2, 0.25) is 0 Å². The second-order valence-electron chi connectivity index (χ2n) is 4.79. The van der Waals surface area contributed by atoms with Gasteiger partial charge in [-0.2, -0.15) is 0 Å². The minimum atomic E-state index is -0.410. The second-order valence-corrected chi connectivity index (χ2v) is 4.79. The van der Waals surface area contributed by atoms with Crippen LogP contribution in [0.5, 0.6) is 0 Å². The lowest BCUT2D eigenvalue weighted by Crippen LogP contribution is -2.32. The fourth-order valence-electron chi connectivity index (χ4n) is 1.97. The largest absolute Gasteiger partial charge is 0.392 e. The summed E-state index contributed by atoms with van der Waals surface area (Å²) in [4.78, 5) is 13.9. The van der Waals surface area contributed by atoms with Gasteiger partial charge in [-0.3, -0.25) is 9.69 Å². The van der Waals surface area contributed by atoms with Gasteiger partial charge in [-0.05, 0) is 33.4 Å². The molecule has 0 saturated heterocycles. The highest BCUT2D eigenvalue weighted by molar-refractivity contribution is 5.98. The first kappa shape index (κ1) is 13.9. The summed E-state index contributed by atoms with van der Waals surface area (Å²) in [6, 6.07) is 5.85. The number of carbonyl (C=O) groups is 1. The fourth-order valence-corrected chi connectivity index (χ4v) is 1.97. The van der Waals surface area contributed by atoms with E-state index in [2.05, 4.69) is 0 Å². The van der Waals surface area contributed by atoms with Crippen molar-refractivity contribution in [1.29, 1.82) is 0 Å². The van der Waals surface area contributed by atoms with E-state index in [4.69, 9.17) is 0 Å². The third kappa shape index (κ3) is 4.29. The standard InChI is InChI=1S/C14H21NO2/c1-10-5-6-13(11(2)7-10)14(17)9-15(4)8-12(3)16/h5-7,12,16H,8-9H2,1-4H3. The molecule has 0 aliphatic heterocycles. The van der Waals surface area contributed by atoms with Gasteiger partial charge in [-0.25, -0.2) is 0 Å². The van der Waals surface area contributed by atoms with Crippen molar-refractivity contribution < 1.29 is 9.90 Å². The lowest BCUT2D eigenvalue weighted by atomic mass is 10.0. The van der Waals surface area contributed by atoms with Gasteiger partial charge >= 0.3 is 0 Å². The molecular formula is C14H21NO2. The van der Waals surface area contributed by atoms with Gasteiger partial charge in [0.25, 0.3) is 0 Å². The highest BCUT2D eigenvalue weighted by Gasteiger charge is 2.12. The van der Waals surface area contributed by atoms with Gasteiger partial charge < -0.3 is 5.11 Å². The normalized spacial score (nSPS) is 12.8. The smallest absolute Gasteiger partial charge is 0.177 e.